The fraction of sp³-hybridized carbons (Fsp3) is 0.0455. The number of hydrogen-bond donors (Lipinski definition) is 2. The lowest BCUT2D eigenvalue weighted by Gasteiger charge is -2.05. The number of nitrogens with zero attached hydrogens (tertiary/aromatic N) is 3. The molecule has 5 rings (SSSR count). The largest absolute Gasteiger partial charge is 0.478 e. The number of carboxylic acids is 1. The Kier molecular flexibility index (Phi) is 3.80. The van der Waals surface area contributed by atoms with Gasteiger partial charge < -0.3 is 14.8 Å². The van der Waals surface area contributed by atoms with Crippen LogP contribution in [0.4, 0.5) is 0 Å². The van der Waals surface area contributed by atoms with E-state index < -0.39 is 5.97 Å². The van der Waals surface area contributed by atoms with Crippen molar-refractivity contribution in [3.63, 3.8) is 0 Å². The summed E-state index contributed by atoms with van der Waals surface area (Å²) in [6.45, 7) is 0. The van der Waals surface area contributed by atoms with Gasteiger partial charge in [0.05, 0.1) is 28.0 Å². The smallest absolute Gasteiger partial charge is 0.337 e. The normalized spacial score (nSPS) is 11.2. The standard InChI is InChI=1S/C22H16N4O3/c1-26-21(17-12-16-19(24-17)15(22(27)28)10-11-23-16)14-8-5-9-18(20(14)25-26)29-13-6-3-2-4-7-13/h2-12,24H,1H3,(H,27,28). The number of ether oxygens (including phenoxy) is 1. The minimum atomic E-state index is -1.00. The number of benzene rings is 2. The zero-order valence-electron chi connectivity index (χ0n) is 15.5. The van der Waals surface area contributed by atoms with Crippen LogP contribution in [0.15, 0.2) is 66.9 Å². The molecular weight excluding hydrogens is 368 g/mol. The van der Waals surface area contributed by atoms with Gasteiger partial charge in [-0.2, -0.15) is 5.10 Å². The predicted molar refractivity (Wildman–Crippen MR) is 109 cm³/mol. The van der Waals surface area contributed by atoms with Crippen LogP contribution in [0.2, 0.25) is 0 Å². The molecule has 2 N–H and O–H groups in total. The molecule has 0 amide bonds. The zero-order chi connectivity index (χ0) is 20.0. The van der Waals surface area contributed by atoms with E-state index in [0.717, 1.165) is 28.0 Å². The number of aromatic carboxylic acids is 1. The molecule has 0 aliphatic carbocycles. The van der Waals surface area contributed by atoms with Crippen LogP contribution >= 0.6 is 0 Å². The van der Waals surface area contributed by atoms with E-state index in [2.05, 4.69) is 15.1 Å². The van der Waals surface area contributed by atoms with E-state index in [1.807, 2.05) is 61.6 Å². The second-order valence-corrected chi connectivity index (χ2v) is 6.65. The highest BCUT2D eigenvalue weighted by molar-refractivity contribution is 6.03. The molecular formula is C22H16N4O3. The Morgan fingerprint density at radius 3 is 2.72 bits per heavy atom. The third-order valence-electron chi connectivity index (χ3n) is 4.81. The Bertz CT molecular complexity index is 1370. The van der Waals surface area contributed by atoms with Gasteiger partial charge in [0.2, 0.25) is 0 Å². The lowest BCUT2D eigenvalue weighted by atomic mass is 10.1. The van der Waals surface area contributed by atoms with Gasteiger partial charge in [0.15, 0.2) is 5.75 Å². The molecule has 7 nitrogen and oxygen atoms in total. The van der Waals surface area contributed by atoms with Gasteiger partial charge >= 0.3 is 5.97 Å². The highest BCUT2D eigenvalue weighted by atomic mass is 16.5. The first-order chi connectivity index (χ1) is 14.1. The quantitative estimate of drug-likeness (QED) is 0.472. The maximum atomic E-state index is 11.5. The molecule has 3 heterocycles. The summed E-state index contributed by atoms with van der Waals surface area (Å²) in [7, 11) is 1.85. The first-order valence-corrected chi connectivity index (χ1v) is 9.02. The first kappa shape index (κ1) is 17.0. The number of aryl methyl sites for hydroxylation is 1. The molecule has 5 aromatic rings. The van der Waals surface area contributed by atoms with Crippen LogP contribution in [-0.2, 0) is 7.05 Å². The number of pyridine rings is 1. The first-order valence-electron chi connectivity index (χ1n) is 9.02. The predicted octanol–water partition coefficient (Wildman–Crippen LogP) is 4.61. The van der Waals surface area contributed by atoms with Crippen molar-refractivity contribution >= 4 is 27.9 Å². The SMILES string of the molecule is Cn1nc2c(Oc3ccccc3)cccc2c1-c1cc2nccc(C(=O)O)c2[nH]1. The Morgan fingerprint density at radius 1 is 1.10 bits per heavy atom. The maximum Gasteiger partial charge on any atom is 0.337 e. The Hall–Kier alpha value is -4.13. The second-order valence-electron chi connectivity index (χ2n) is 6.65. The van der Waals surface area contributed by atoms with Crippen molar-refractivity contribution in [1.82, 2.24) is 19.7 Å². The molecule has 0 atom stereocenters. The molecule has 7 heteroatoms. The van der Waals surface area contributed by atoms with Crippen LogP contribution in [0.5, 0.6) is 11.5 Å². The number of hydrogen-bond acceptors (Lipinski definition) is 4. The summed E-state index contributed by atoms with van der Waals surface area (Å²) < 4.78 is 7.79. The van der Waals surface area contributed by atoms with Gasteiger partial charge in [0, 0.05) is 18.6 Å². The van der Waals surface area contributed by atoms with E-state index in [4.69, 9.17) is 4.74 Å². The summed E-state index contributed by atoms with van der Waals surface area (Å²) in [5.74, 6) is 0.378. The van der Waals surface area contributed by atoms with Crippen molar-refractivity contribution in [3.05, 3.63) is 72.4 Å². The number of H-pyrrole nitrogens is 1. The molecule has 0 saturated heterocycles. The van der Waals surface area contributed by atoms with E-state index in [-0.39, 0.29) is 5.56 Å². The van der Waals surface area contributed by atoms with Gasteiger partial charge in [-0.15, -0.1) is 0 Å². The number of aromatic amines is 1. The van der Waals surface area contributed by atoms with Gasteiger partial charge in [-0.1, -0.05) is 30.3 Å². The highest BCUT2D eigenvalue weighted by Gasteiger charge is 2.19. The monoisotopic (exact) mass is 384 g/mol. The number of rotatable bonds is 4. The van der Waals surface area contributed by atoms with Crippen molar-refractivity contribution in [3.8, 4) is 22.9 Å². The number of fused-ring (bicyclic) bond motifs is 2. The fourth-order valence-corrected chi connectivity index (χ4v) is 3.54. The number of carboxylic acid groups (broad SMARTS) is 1. The Morgan fingerprint density at radius 2 is 1.93 bits per heavy atom. The average molecular weight is 384 g/mol. The minimum absolute atomic E-state index is 0.181. The molecule has 0 aliphatic rings. The number of aromatic nitrogens is 4. The van der Waals surface area contributed by atoms with E-state index >= 15 is 0 Å². The van der Waals surface area contributed by atoms with Gasteiger partial charge in [0.25, 0.3) is 0 Å². The third kappa shape index (κ3) is 2.80. The summed E-state index contributed by atoms with van der Waals surface area (Å²) in [5.41, 5.74) is 3.54. The average Bonchev–Trinajstić information content (AvgIpc) is 3.28. The zero-order valence-corrected chi connectivity index (χ0v) is 15.5. The third-order valence-corrected chi connectivity index (χ3v) is 4.81. The van der Waals surface area contributed by atoms with E-state index in [1.165, 1.54) is 12.3 Å². The van der Waals surface area contributed by atoms with Gasteiger partial charge in [-0.25, -0.2) is 4.79 Å². The molecule has 0 spiro atoms. The second kappa shape index (κ2) is 6.49. The molecule has 0 aliphatic heterocycles. The van der Waals surface area contributed by atoms with E-state index in [1.54, 1.807) is 4.68 Å². The molecule has 0 bridgehead atoms. The lowest BCUT2D eigenvalue weighted by Crippen LogP contribution is -1.98. The summed E-state index contributed by atoms with van der Waals surface area (Å²) in [6, 6.07) is 18.6. The van der Waals surface area contributed by atoms with Gasteiger partial charge in [-0.3, -0.25) is 9.67 Å². The number of para-hydroxylation sites is 1. The van der Waals surface area contributed by atoms with Gasteiger partial charge in [0.1, 0.15) is 11.3 Å². The minimum Gasteiger partial charge on any atom is -0.478 e. The van der Waals surface area contributed by atoms with Crippen LogP contribution in [0.1, 0.15) is 10.4 Å². The van der Waals surface area contributed by atoms with Crippen molar-refractivity contribution in [2.24, 2.45) is 7.05 Å². The van der Waals surface area contributed by atoms with Gasteiger partial charge in [-0.05, 0) is 30.3 Å². The van der Waals surface area contributed by atoms with Crippen LogP contribution < -0.4 is 4.74 Å². The molecule has 0 unspecified atom stereocenters. The molecule has 142 valence electrons. The molecule has 2 aromatic carbocycles. The molecule has 0 saturated carbocycles. The summed E-state index contributed by atoms with van der Waals surface area (Å²) >= 11 is 0. The molecule has 29 heavy (non-hydrogen) atoms. The van der Waals surface area contributed by atoms with Crippen LogP contribution in [-0.4, -0.2) is 30.8 Å². The number of carbonyl (C=O) groups is 1. The van der Waals surface area contributed by atoms with Crippen molar-refractivity contribution < 1.29 is 14.6 Å². The van der Waals surface area contributed by atoms with Crippen LogP contribution in [0, 0.1) is 0 Å². The topological polar surface area (TPSA) is 93.0 Å². The van der Waals surface area contributed by atoms with E-state index in [0.29, 0.717) is 16.8 Å². The maximum absolute atomic E-state index is 11.5. The van der Waals surface area contributed by atoms with Crippen molar-refractivity contribution in [2.45, 2.75) is 0 Å². The fourth-order valence-electron chi connectivity index (χ4n) is 3.54. The summed E-state index contributed by atoms with van der Waals surface area (Å²) in [4.78, 5) is 19.0. The summed E-state index contributed by atoms with van der Waals surface area (Å²) in [6.07, 6.45) is 1.50. The Labute approximate surface area is 165 Å². The number of nitrogens with one attached hydrogen (secondary N) is 1. The molecule has 3 aromatic heterocycles. The molecule has 0 radical (unpaired) electrons. The molecule has 0 fully saturated rings. The summed E-state index contributed by atoms with van der Waals surface area (Å²) in [5, 5.41) is 15.0. The van der Waals surface area contributed by atoms with Crippen molar-refractivity contribution in [1.29, 1.82) is 0 Å². The van der Waals surface area contributed by atoms with Crippen LogP contribution in [0.25, 0.3) is 33.3 Å². The van der Waals surface area contributed by atoms with Crippen LogP contribution in [0.3, 0.4) is 0 Å². The van der Waals surface area contributed by atoms with Crippen molar-refractivity contribution in [2.75, 3.05) is 0 Å². The lowest BCUT2D eigenvalue weighted by molar-refractivity contribution is 0.0698. The highest BCUT2D eigenvalue weighted by Crippen LogP contribution is 2.35. The Balaban J connectivity index is 1.67. The van der Waals surface area contributed by atoms with E-state index in [9.17, 15) is 9.90 Å².